The van der Waals surface area contributed by atoms with E-state index in [1.54, 1.807) is 7.11 Å². The molecule has 5 heteroatoms. The van der Waals surface area contributed by atoms with Gasteiger partial charge >= 0.3 is 0 Å². The maximum absolute atomic E-state index is 12.9. The number of hydrogen-bond donors (Lipinski definition) is 0. The molecule has 0 amide bonds. The van der Waals surface area contributed by atoms with Crippen LogP contribution in [-0.2, 0) is 20.7 Å². The topological polar surface area (TPSA) is 35.5 Å². The number of halogens is 2. The highest BCUT2D eigenvalue weighted by atomic mass is 19.1. The van der Waals surface area contributed by atoms with Gasteiger partial charge in [-0.2, -0.15) is 0 Å². The number of ether oxygens (including phenoxy) is 2. The van der Waals surface area contributed by atoms with Gasteiger partial charge in [-0.25, -0.2) is 8.78 Å². The van der Waals surface area contributed by atoms with Crippen LogP contribution in [0.3, 0.4) is 0 Å². The van der Waals surface area contributed by atoms with Crippen LogP contribution in [0.5, 0.6) is 0 Å². The first-order valence-electron chi connectivity index (χ1n) is 5.65. The summed E-state index contributed by atoms with van der Waals surface area (Å²) in [5.41, 5.74) is 0.342. The molecule has 0 atom stereocenters. The third-order valence-electron chi connectivity index (χ3n) is 2.28. The van der Waals surface area contributed by atoms with Gasteiger partial charge in [0.15, 0.2) is 0 Å². The summed E-state index contributed by atoms with van der Waals surface area (Å²) in [5.74, 6) is -1.46. The highest BCUT2D eigenvalue weighted by Gasteiger charge is 2.06. The second-order valence-electron chi connectivity index (χ2n) is 3.85. The maximum Gasteiger partial charge on any atom is 0.139 e. The van der Waals surface area contributed by atoms with Crippen molar-refractivity contribution in [3.63, 3.8) is 0 Å². The highest BCUT2D eigenvalue weighted by Crippen LogP contribution is 2.09. The molecule has 0 heterocycles. The molecule has 0 aliphatic rings. The molecule has 1 aromatic carbocycles. The van der Waals surface area contributed by atoms with Gasteiger partial charge in [-0.1, -0.05) is 0 Å². The predicted molar refractivity (Wildman–Crippen MR) is 62.4 cm³/mol. The average molecular weight is 258 g/mol. The lowest BCUT2D eigenvalue weighted by Gasteiger charge is -2.04. The fourth-order valence-electron chi connectivity index (χ4n) is 1.46. The van der Waals surface area contributed by atoms with E-state index in [1.807, 2.05) is 0 Å². The van der Waals surface area contributed by atoms with Crippen molar-refractivity contribution in [2.45, 2.75) is 12.8 Å². The first-order chi connectivity index (χ1) is 8.61. The smallest absolute Gasteiger partial charge is 0.139 e. The lowest BCUT2D eigenvalue weighted by molar-refractivity contribution is -0.119. The third kappa shape index (κ3) is 5.84. The molecular formula is C13H16F2O3. The van der Waals surface area contributed by atoms with Crippen LogP contribution in [0, 0.1) is 11.6 Å². The SMILES string of the molecule is COCCOCCC(=O)Cc1cc(F)cc(F)c1. The monoisotopic (exact) mass is 258 g/mol. The van der Waals surface area contributed by atoms with Crippen molar-refractivity contribution in [3.8, 4) is 0 Å². The lowest BCUT2D eigenvalue weighted by atomic mass is 10.1. The summed E-state index contributed by atoms with van der Waals surface area (Å²) in [5, 5.41) is 0. The minimum absolute atomic E-state index is 0.0162. The quantitative estimate of drug-likeness (QED) is 0.670. The van der Waals surface area contributed by atoms with Crippen LogP contribution in [0.4, 0.5) is 8.78 Å². The van der Waals surface area contributed by atoms with E-state index in [1.165, 1.54) is 0 Å². The molecule has 0 unspecified atom stereocenters. The Balaban J connectivity index is 2.31. The molecule has 3 nitrogen and oxygen atoms in total. The first-order valence-corrected chi connectivity index (χ1v) is 5.65. The Morgan fingerprint density at radius 3 is 2.39 bits per heavy atom. The van der Waals surface area contributed by atoms with Crippen molar-refractivity contribution < 1.29 is 23.0 Å². The van der Waals surface area contributed by atoms with Crippen LogP contribution in [0.2, 0.25) is 0 Å². The number of rotatable bonds is 8. The number of methoxy groups -OCH3 is 1. The molecule has 0 fully saturated rings. The van der Waals surface area contributed by atoms with Gasteiger partial charge in [0.1, 0.15) is 17.4 Å². The summed E-state index contributed by atoms with van der Waals surface area (Å²) >= 11 is 0. The molecule has 1 aromatic rings. The lowest BCUT2D eigenvalue weighted by Crippen LogP contribution is -2.10. The Morgan fingerprint density at radius 1 is 1.11 bits per heavy atom. The third-order valence-corrected chi connectivity index (χ3v) is 2.28. The fraction of sp³-hybridized carbons (Fsp3) is 0.462. The molecule has 0 saturated heterocycles. The van der Waals surface area contributed by atoms with Gasteiger partial charge < -0.3 is 9.47 Å². The highest BCUT2D eigenvalue weighted by molar-refractivity contribution is 5.80. The molecule has 0 saturated carbocycles. The Hall–Kier alpha value is -1.33. The molecule has 0 bridgehead atoms. The van der Waals surface area contributed by atoms with Crippen LogP contribution in [0.1, 0.15) is 12.0 Å². The van der Waals surface area contributed by atoms with E-state index in [0.717, 1.165) is 18.2 Å². The average Bonchev–Trinajstić information content (AvgIpc) is 2.27. The van der Waals surface area contributed by atoms with Gasteiger partial charge in [0.25, 0.3) is 0 Å². The van der Waals surface area contributed by atoms with Gasteiger partial charge in [0, 0.05) is 26.0 Å². The Labute approximate surface area is 105 Å². The van der Waals surface area contributed by atoms with Crippen molar-refractivity contribution in [1.82, 2.24) is 0 Å². The van der Waals surface area contributed by atoms with Crippen LogP contribution >= 0.6 is 0 Å². The minimum Gasteiger partial charge on any atom is -0.382 e. The molecule has 18 heavy (non-hydrogen) atoms. The second kappa shape index (κ2) is 7.89. The zero-order valence-corrected chi connectivity index (χ0v) is 10.2. The molecule has 0 radical (unpaired) electrons. The summed E-state index contributed by atoms with van der Waals surface area (Å²) in [6.07, 6.45) is 0.240. The Morgan fingerprint density at radius 2 is 1.78 bits per heavy atom. The van der Waals surface area contributed by atoms with Crippen LogP contribution in [-0.4, -0.2) is 32.7 Å². The van der Waals surface area contributed by atoms with E-state index in [-0.39, 0.29) is 18.6 Å². The van der Waals surface area contributed by atoms with Crippen molar-refractivity contribution >= 4 is 5.78 Å². The van der Waals surface area contributed by atoms with Crippen molar-refractivity contribution in [1.29, 1.82) is 0 Å². The summed E-state index contributed by atoms with van der Waals surface area (Å²) < 4.78 is 35.7. The van der Waals surface area contributed by atoms with Gasteiger partial charge in [-0.05, 0) is 17.7 Å². The van der Waals surface area contributed by atoms with E-state index in [9.17, 15) is 13.6 Å². The zero-order chi connectivity index (χ0) is 13.4. The van der Waals surface area contributed by atoms with Gasteiger partial charge in [-0.15, -0.1) is 0 Å². The number of benzene rings is 1. The summed E-state index contributed by atoms with van der Waals surface area (Å²) in [6, 6.07) is 3.10. The van der Waals surface area contributed by atoms with Crippen molar-refractivity contribution in [2.75, 3.05) is 26.9 Å². The number of Topliss-reactive ketones (excluding diaryl/α,β-unsaturated/α-hetero) is 1. The number of carbonyl (C=O) groups excluding carboxylic acids is 1. The molecule has 0 aliphatic carbocycles. The van der Waals surface area contributed by atoms with E-state index >= 15 is 0 Å². The largest absolute Gasteiger partial charge is 0.382 e. The molecule has 0 N–H and O–H groups in total. The van der Waals surface area contributed by atoms with Crippen LogP contribution in [0.25, 0.3) is 0 Å². The molecular weight excluding hydrogens is 242 g/mol. The number of carbonyl (C=O) groups is 1. The predicted octanol–water partition coefficient (Wildman–Crippen LogP) is 2.13. The zero-order valence-electron chi connectivity index (χ0n) is 10.2. The Bertz CT molecular complexity index is 374. The molecule has 0 aliphatic heterocycles. The molecule has 100 valence electrons. The van der Waals surface area contributed by atoms with Crippen LogP contribution in [0.15, 0.2) is 18.2 Å². The summed E-state index contributed by atoms with van der Waals surface area (Å²) in [6.45, 7) is 1.20. The normalized spacial score (nSPS) is 10.6. The van der Waals surface area contributed by atoms with Gasteiger partial charge in [0.2, 0.25) is 0 Å². The Kier molecular flexibility index (Phi) is 6.46. The standard InChI is InChI=1S/C13H16F2O3/c1-17-4-5-18-3-2-13(16)8-10-6-11(14)9-12(15)7-10/h6-7,9H,2-5,8H2,1H3. The molecule has 0 aromatic heterocycles. The van der Waals surface area contributed by atoms with E-state index in [0.29, 0.717) is 25.4 Å². The molecule has 0 spiro atoms. The first kappa shape index (κ1) is 14.7. The number of hydrogen-bond acceptors (Lipinski definition) is 3. The van der Waals surface area contributed by atoms with E-state index in [4.69, 9.17) is 9.47 Å². The fourth-order valence-corrected chi connectivity index (χ4v) is 1.46. The summed E-state index contributed by atoms with van der Waals surface area (Å²) in [7, 11) is 1.56. The van der Waals surface area contributed by atoms with Crippen molar-refractivity contribution in [2.24, 2.45) is 0 Å². The number of ketones is 1. The van der Waals surface area contributed by atoms with E-state index in [2.05, 4.69) is 0 Å². The van der Waals surface area contributed by atoms with Gasteiger partial charge in [0.05, 0.1) is 19.8 Å². The van der Waals surface area contributed by atoms with E-state index < -0.39 is 11.6 Å². The maximum atomic E-state index is 12.9. The second-order valence-corrected chi connectivity index (χ2v) is 3.85. The van der Waals surface area contributed by atoms with Crippen molar-refractivity contribution in [3.05, 3.63) is 35.4 Å². The minimum atomic E-state index is -0.672. The molecule has 1 rings (SSSR count). The van der Waals surface area contributed by atoms with Gasteiger partial charge in [-0.3, -0.25) is 4.79 Å². The van der Waals surface area contributed by atoms with Crippen LogP contribution < -0.4 is 0 Å². The summed E-state index contributed by atoms with van der Waals surface area (Å²) in [4.78, 5) is 11.5.